The van der Waals surface area contributed by atoms with E-state index >= 15 is 0 Å². The third kappa shape index (κ3) is 5.44. The van der Waals surface area contributed by atoms with Crippen LogP contribution in [0.3, 0.4) is 0 Å². The number of nitrogens with one attached hydrogen (secondary N) is 2. The Kier molecular flexibility index (Phi) is 6.47. The molecule has 0 heterocycles. The Hall–Kier alpha value is -3.67. The molecule has 2 N–H and O–H groups in total. The van der Waals surface area contributed by atoms with Crippen molar-refractivity contribution in [3.05, 3.63) is 89.2 Å². The van der Waals surface area contributed by atoms with E-state index in [1.165, 1.54) is 24.3 Å². The molecule has 0 aromatic heterocycles. The molecule has 6 heteroatoms. The number of hydrogen-bond donors (Lipinski definition) is 2. The lowest BCUT2D eigenvalue weighted by Crippen LogP contribution is -2.30. The van der Waals surface area contributed by atoms with Gasteiger partial charge in [-0.2, -0.15) is 0 Å². The fourth-order valence-corrected chi connectivity index (χ4v) is 2.78. The van der Waals surface area contributed by atoms with E-state index in [0.29, 0.717) is 17.0 Å². The molecule has 0 unspecified atom stereocenters. The van der Waals surface area contributed by atoms with Crippen molar-refractivity contribution in [2.45, 2.75) is 26.9 Å². The van der Waals surface area contributed by atoms with Gasteiger partial charge in [-0.05, 0) is 86.5 Å². The molecule has 0 saturated heterocycles. The highest BCUT2D eigenvalue weighted by Gasteiger charge is 2.16. The highest BCUT2D eigenvalue weighted by atomic mass is 19.1. The van der Waals surface area contributed by atoms with Gasteiger partial charge < -0.3 is 15.4 Å². The summed E-state index contributed by atoms with van der Waals surface area (Å²) in [6.07, 6.45) is -0.719. The third-order valence-corrected chi connectivity index (χ3v) is 4.55. The summed E-state index contributed by atoms with van der Waals surface area (Å²) in [6.45, 7) is 5.55. The van der Waals surface area contributed by atoms with Gasteiger partial charge in [0.25, 0.3) is 11.8 Å². The van der Waals surface area contributed by atoms with E-state index in [4.69, 9.17) is 4.74 Å². The maximum Gasteiger partial charge on any atom is 0.265 e. The highest BCUT2D eigenvalue weighted by molar-refractivity contribution is 6.04. The van der Waals surface area contributed by atoms with Crippen LogP contribution in [-0.4, -0.2) is 17.9 Å². The lowest BCUT2D eigenvalue weighted by atomic mass is 10.1. The minimum absolute atomic E-state index is 0.262. The van der Waals surface area contributed by atoms with Gasteiger partial charge in [-0.25, -0.2) is 4.39 Å². The van der Waals surface area contributed by atoms with E-state index in [1.807, 2.05) is 32.0 Å². The second kappa shape index (κ2) is 9.22. The van der Waals surface area contributed by atoms with Crippen LogP contribution in [-0.2, 0) is 4.79 Å². The van der Waals surface area contributed by atoms with Crippen LogP contribution in [0, 0.1) is 19.7 Å². The number of anilines is 2. The zero-order chi connectivity index (χ0) is 21.7. The summed E-state index contributed by atoms with van der Waals surface area (Å²) < 4.78 is 18.7. The predicted molar refractivity (Wildman–Crippen MR) is 115 cm³/mol. The second-order valence-corrected chi connectivity index (χ2v) is 7.05. The molecule has 0 fully saturated rings. The Labute approximate surface area is 174 Å². The van der Waals surface area contributed by atoms with Crippen molar-refractivity contribution in [2.24, 2.45) is 0 Å². The first-order valence-electron chi connectivity index (χ1n) is 9.53. The normalized spacial score (nSPS) is 11.5. The van der Waals surface area contributed by atoms with Gasteiger partial charge in [-0.1, -0.05) is 12.1 Å². The summed E-state index contributed by atoms with van der Waals surface area (Å²) in [5.74, 6) is -0.488. The van der Waals surface area contributed by atoms with Gasteiger partial charge in [0.05, 0.1) is 0 Å². The maximum atomic E-state index is 13.0. The topological polar surface area (TPSA) is 67.4 Å². The minimum atomic E-state index is -0.719. The molecule has 0 radical (unpaired) electrons. The summed E-state index contributed by atoms with van der Waals surface area (Å²) in [4.78, 5) is 24.7. The number of ether oxygens (including phenoxy) is 1. The van der Waals surface area contributed by atoms with Crippen LogP contribution in [0.4, 0.5) is 15.8 Å². The third-order valence-electron chi connectivity index (χ3n) is 4.55. The lowest BCUT2D eigenvalue weighted by molar-refractivity contribution is -0.122. The molecule has 0 spiro atoms. The van der Waals surface area contributed by atoms with Crippen LogP contribution in [0.1, 0.15) is 28.4 Å². The number of carbonyl (C=O) groups excluding carboxylic acids is 2. The molecular formula is C24H23FN2O3. The van der Waals surface area contributed by atoms with Gasteiger partial charge >= 0.3 is 0 Å². The van der Waals surface area contributed by atoms with Crippen molar-refractivity contribution in [2.75, 3.05) is 10.6 Å². The summed E-state index contributed by atoms with van der Waals surface area (Å²) in [5, 5.41) is 5.57. The molecule has 2 amide bonds. The molecule has 30 heavy (non-hydrogen) atoms. The number of hydrogen-bond acceptors (Lipinski definition) is 3. The highest BCUT2D eigenvalue weighted by Crippen LogP contribution is 2.19. The Balaban J connectivity index is 1.59. The standard InChI is InChI=1S/C24H23FN2O3/c1-15-4-5-16(2)22(14-15)27-23(28)17(3)30-21-12-6-18(7-13-21)24(29)26-20-10-8-19(25)9-11-20/h4-14,17H,1-3H3,(H,26,29)(H,27,28)/t17-/m1/s1. The molecule has 5 nitrogen and oxygen atoms in total. The van der Waals surface area contributed by atoms with Gasteiger partial charge in [0.2, 0.25) is 0 Å². The van der Waals surface area contributed by atoms with E-state index in [9.17, 15) is 14.0 Å². The average molecular weight is 406 g/mol. The molecule has 3 aromatic carbocycles. The van der Waals surface area contributed by atoms with E-state index in [-0.39, 0.29) is 17.6 Å². The summed E-state index contributed by atoms with van der Waals surface area (Å²) in [7, 11) is 0. The van der Waals surface area contributed by atoms with E-state index < -0.39 is 6.10 Å². The van der Waals surface area contributed by atoms with Crippen LogP contribution < -0.4 is 15.4 Å². The van der Waals surface area contributed by atoms with Gasteiger partial charge in [-0.3, -0.25) is 9.59 Å². The van der Waals surface area contributed by atoms with Gasteiger partial charge in [0.1, 0.15) is 11.6 Å². The fourth-order valence-electron chi connectivity index (χ4n) is 2.78. The first-order valence-corrected chi connectivity index (χ1v) is 9.53. The summed E-state index contributed by atoms with van der Waals surface area (Å²) >= 11 is 0. The molecule has 0 aliphatic carbocycles. The van der Waals surface area contributed by atoms with Crippen molar-refractivity contribution in [1.82, 2.24) is 0 Å². The summed E-state index contributed by atoms with van der Waals surface area (Å²) in [5.41, 5.74) is 3.69. The number of benzene rings is 3. The van der Waals surface area contributed by atoms with Crippen molar-refractivity contribution in [1.29, 1.82) is 0 Å². The number of amides is 2. The molecule has 0 aliphatic heterocycles. The quantitative estimate of drug-likeness (QED) is 0.598. The molecule has 0 saturated carbocycles. The number of rotatable bonds is 6. The van der Waals surface area contributed by atoms with Gasteiger partial charge in [0, 0.05) is 16.9 Å². The Morgan fingerprint density at radius 2 is 1.57 bits per heavy atom. The fraction of sp³-hybridized carbons (Fsp3) is 0.167. The Morgan fingerprint density at radius 1 is 0.900 bits per heavy atom. The molecule has 0 bridgehead atoms. The Morgan fingerprint density at radius 3 is 2.23 bits per heavy atom. The first-order chi connectivity index (χ1) is 14.3. The monoisotopic (exact) mass is 406 g/mol. The van der Waals surface area contributed by atoms with Crippen LogP contribution >= 0.6 is 0 Å². The van der Waals surface area contributed by atoms with Crippen LogP contribution in [0.15, 0.2) is 66.7 Å². The lowest BCUT2D eigenvalue weighted by Gasteiger charge is -2.16. The van der Waals surface area contributed by atoms with E-state index in [0.717, 1.165) is 16.8 Å². The average Bonchev–Trinajstić information content (AvgIpc) is 2.72. The van der Waals surface area contributed by atoms with Crippen LogP contribution in [0.5, 0.6) is 5.75 Å². The molecular weight excluding hydrogens is 383 g/mol. The molecule has 1 atom stereocenters. The number of aryl methyl sites for hydroxylation is 2. The molecule has 3 aromatic rings. The largest absolute Gasteiger partial charge is 0.481 e. The van der Waals surface area contributed by atoms with Crippen LogP contribution in [0.25, 0.3) is 0 Å². The smallest absolute Gasteiger partial charge is 0.265 e. The molecule has 3 rings (SSSR count). The molecule has 0 aliphatic rings. The minimum Gasteiger partial charge on any atom is -0.481 e. The number of halogens is 1. The zero-order valence-corrected chi connectivity index (χ0v) is 17.0. The predicted octanol–water partition coefficient (Wildman–Crippen LogP) is 5.10. The van der Waals surface area contributed by atoms with Crippen molar-refractivity contribution in [3.8, 4) is 5.75 Å². The molecule has 154 valence electrons. The Bertz CT molecular complexity index is 1050. The maximum absolute atomic E-state index is 13.0. The second-order valence-electron chi connectivity index (χ2n) is 7.05. The van der Waals surface area contributed by atoms with E-state index in [1.54, 1.807) is 31.2 Å². The first kappa shape index (κ1) is 21.0. The SMILES string of the molecule is Cc1ccc(C)c(NC(=O)[C@@H](C)Oc2ccc(C(=O)Nc3ccc(F)cc3)cc2)c1. The number of carbonyl (C=O) groups is 2. The zero-order valence-electron chi connectivity index (χ0n) is 17.0. The summed E-state index contributed by atoms with van der Waals surface area (Å²) in [6, 6.07) is 17.8. The van der Waals surface area contributed by atoms with Crippen molar-refractivity contribution < 1.29 is 18.7 Å². The van der Waals surface area contributed by atoms with Gasteiger partial charge in [-0.15, -0.1) is 0 Å². The van der Waals surface area contributed by atoms with Crippen molar-refractivity contribution >= 4 is 23.2 Å². The van der Waals surface area contributed by atoms with Crippen molar-refractivity contribution in [3.63, 3.8) is 0 Å². The van der Waals surface area contributed by atoms with Crippen LogP contribution in [0.2, 0.25) is 0 Å². The van der Waals surface area contributed by atoms with E-state index in [2.05, 4.69) is 10.6 Å². The van der Waals surface area contributed by atoms with Gasteiger partial charge in [0.15, 0.2) is 6.10 Å².